The number of carbonyl (C=O) groups excluding carboxylic acids is 1. The number of H-pyrrole nitrogens is 2. The van der Waals surface area contributed by atoms with Crippen LogP contribution in [0.5, 0.6) is 0 Å². The standard InChI is InChI=1S/C25H27N7O3/c1-17-13-23(33)29-21-5-4-19(14-20(17)21)32(16-22-27-7-8-28-22)25(31-9-11-35-12-10-31)30-24(34)18-3-2-6-26-15-18/h2-8,13-15,25H,9-12,16H2,1H3,(H,27,28)(H,29,33)(H,30,34). The van der Waals surface area contributed by atoms with Crippen LogP contribution in [0.1, 0.15) is 21.7 Å². The number of nitrogens with one attached hydrogen (secondary N) is 3. The van der Waals surface area contributed by atoms with Crippen molar-refractivity contribution in [2.24, 2.45) is 0 Å². The molecule has 1 unspecified atom stereocenters. The summed E-state index contributed by atoms with van der Waals surface area (Å²) in [5.41, 5.74) is 2.87. The van der Waals surface area contributed by atoms with Gasteiger partial charge in [0.1, 0.15) is 5.82 Å². The van der Waals surface area contributed by atoms with Crippen molar-refractivity contribution in [3.05, 3.63) is 88.5 Å². The summed E-state index contributed by atoms with van der Waals surface area (Å²) < 4.78 is 5.58. The molecule has 10 heteroatoms. The second kappa shape index (κ2) is 10.1. The maximum Gasteiger partial charge on any atom is 0.255 e. The highest BCUT2D eigenvalue weighted by Crippen LogP contribution is 2.26. The van der Waals surface area contributed by atoms with Crippen molar-refractivity contribution in [2.45, 2.75) is 19.8 Å². The Kier molecular flexibility index (Phi) is 6.55. The molecule has 1 aromatic carbocycles. The first kappa shape index (κ1) is 22.8. The first-order valence-electron chi connectivity index (χ1n) is 11.5. The van der Waals surface area contributed by atoms with Gasteiger partial charge in [0, 0.05) is 60.5 Å². The van der Waals surface area contributed by atoms with Crippen LogP contribution in [0.25, 0.3) is 10.9 Å². The van der Waals surface area contributed by atoms with Gasteiger partial charge in [-0.25, -0.2) is 4.98 Å². The maximum atomic E-state index is 13.2. The number of hydrogen-bond donors (Lipinski definition) is 3. The van der Waals surface area contributed by atoms with E-state index in [1.807, 2.05) is 25.1 Å². The molecule has 1 saturated heterocycles. The molecule has 10 nitrogen and oxygen atoms in total. The fourth-order valence-corrected chi connectivity index (χ4v) is 4.34. The minimum Gasteiger partial charge on any atom is -0.379 e. The number of hydrogen-bond acceptors (Lipinski definition) is 7. The number of imidazole rings is 1. The van der Waals surface area contributed by atoms with Gasteiger partial charge in [-0.05, 0) is 42.8 Å². The Balaban J connectivity index is 1.57. The quantitative estimate of drug-likeness (QED) is 0.351. The summed E-state index contributed by atoms with van der Waals surface area (Å²) in [5.74, 6) is 0.539. The van der Waals surface area contributed by atoms with Gasteiger partial charge in [-0.1, -0.05) is 0 Å². The molecule has 1 fully saturated rings. The fourth-order valence-electron chi connectivity index (χ4n) is 4.34. The zero-order valence-corrected chi connectivity index (χ0v) is 19.4. The number of aromatic nitrogens is 4. The van der Waals surface area contributed by atoms with Crippen LogP contribution in [0.15, 0.2) is 66.0 Å². The van der Waals surface area contributed by atoms with Gasteiger partial charge in [-0.3, -0.25) is 19.5 Å². The van der Waals surface area contributed by atoms with E-state index in [-0.39, 0.29) is 11.5 Å². The molecule has 3 aromatic heterocycles. The Morgan fingerprint density at radius 2 is 2.09 bits per heavy atom. The minimum atomic E-state index is -0.475. The van der Waals surface area contributed by atoms with Crippen molar-refractivity contribution in [2.75, 3.05) is 31.2 Å². The predicted octanol–water partition coefficient (Wildman–Crippen LogP) is 2.01. The number of morpholine rings is 1. The third-order valence-electron chi connectivity index (χ3n) is 6.11. The zero-order chi connectivity index (χ0) is 24.2. The summed E-state index contributed by atoms with van der Waals surface area (Å²) in [4.78, 5) is 44.1. The van der Waals surface area contributed by atoms with Gasteiger partial charge in [0.05, 0.1) is 25.3 Å². The van der Waals surface area contributed by atoms with Crippen LogP contribution < -0.4 is 15.8 Å². The average molecular weight is 474 g/mol. The van der Waals surface area contributed by atoms with E-state index in [1.165, 1.54) is 0 Å². The lowest BCUT2D eigenvalue weighted by Crippen LogP contribution is -2.61. The van der Waals surface area contributed by atoms with Crippen LogP contribution in [0.3, 0.4) is 0 Å². The van der Waals surface area contributed by atoms with Gasteiger partial charge in [0.25, 0.3) is 5.91 Å². The number of anilines is 1. The number of carbonyl (C=O) groups is 1. The highest BCUT2D eigenvalue weighted by molar-refractivity contribution is 5.94. The topological polar surface area (TPSA) is 119 Å². The van der Waals surface area contributed by atoms with Crippen molar-refractivity contribution in [3.63, 3.8) is 0 Å². The lowest BCUT2D eigenvalue weighted by atomic mass is 10.1. The van der Waals surface area contributed by atoms with E-state index in [4.69, 9.17) is 4.74 Å². The molecule has 5 rings (SSSR count). The van der Waals surface area contributed by atoms with Crippen molar-refractivity contribution >= 4 is 22.5 Å². The van der Waals surface area contributed by atoms with Crippen LogP contribution >= 0.6 is 0 Å². The third kappa shape index (κ3) is 5.08. The molecule has 1 atom stereocenters. The highest BCUT2D eigenvalue weighted by atomic mass is 16.5. The Bertz CT molecular complexity index is 1350. The predicted molar refractivity (Wildman–Crippen MR) is 132 cm³/mol. The van der Waals surface area contributed by atoms with Gasteiger partial charge < -0.3 is 24.9 Å². The molecular weight excluding hydrogens is 446 g/mol. The molecule has 35 heavy (non-hydrogen) atoms. The van der Waals surface area contributed by atoms with E-state index >= 15 is 0 Å². The van der Waals surface area contributed by atoms with Crippen LogP contribution in [-0.2, 0) is 11.3 Å². The van der Waals surface area contributed by atoms with Crippen LogP contribution in [-0.4, -0.2) is 63.3 Å². The summed E-state index contributed by atoms with van der Waals surface area (Å²) in [5, 5.41) is 4.14. The Morgan fingerprint density at radius 1 is 1.23 bits per heavy atom. The molecule has 1 amide bonds. The van der Waals surface area contributed by atoms with Crippen molar-refractivity contribution in [3.8, 4) is 0 Å². The largest absolute Gasteiger partial charge is 0.379 e. The number of benzene rings is 1. The molecular formula is C25H27N7O3. The van der Waals surface area contributed by atoms with Gasteiger partial charge in [-0.15, -0.1) is 0 Å². The first-order valence-corrected chi connectivity index (χ1v) is 11.5. The monoisotopic (exact) mass is 473 g/mol. The molecule has 1 aliphatic heterocycles. The minimum absolute atomic E-state index is 0.134. The number of fused-ring (bicyclic) bond motifs is 1. The fraction of sp³-hybridized carbons (Fsp3) is 0.280. The van der Waals surface area contributed by atoms with Crippen molar-refractivity contribution in [1.29, 1.82) is 0 Å². The summed E-state index contributed by atoms with van der Waals surface area (Å²) in [6, 6.07) is 11.0. The second-order valence-corrected chi connectivity index (χ2v) is 8.45. The Hall–Kier alpha value is -4.02. The molecule has 3 N–H and O–H groups in total. The van der Waals surface area contributed by atoms with E-state index < -0.39 is 6.29 Å². The molecule has 0 saturated carbocycles. The molecule has 1 aliphatic rings. The number of nitrogens with zero attached hydrogens (tertiary/aromatic N) is 4. The Labute approximate surface area is 202 Å². The van der Waals surface area contributed by atoms with Crippen LogP contribution in [0.2, 0.25) is 0 Å². The number of aromatic amines is 2. The summed E-state index contributed by atoms with van der Waals surface area (Å²) in [7, 11) is 0. The molecule has 0 radical (unpaired) electrons. The van der Waals surface area contributed by atoms with E-state index in [2.05, 4.69) is 35.1 Å². The number of ether oxygens (including phenoxy) is 1. The molecule has 0 aliphatic carbocycles. The zero-order valence-electron chi connectivity index (χ0n) is 19.4. The van der Waals surface area contributed by atoms with E-state index in [1.54, 1.807) is 43.0 Å². The summed E-state index contributed by atoms with van der Waals surface area (Å²) in [6.45, 7) is 4.81. The van der Waals surface area contributed by atoms with E-state index in [0.29, 0.717) is 38.4 Å². The van der Waals surface area contributed by atoms with Crippen LogP contribution in [0, 0.1) is 6.92 Å². The average Bonchev–Trinajstić information content (AvgIpc) is 3.40. The van der Waals surface area contributed by atoms with E-state index in [0.717, 1.165) is 28.0 Å². The molecule has 0 bridgehead atoms. The third-order valence-corrected chi connectivity index (χ3v) is 6.11. The maximum absolute atomic E-state index is 13.2. The van der Waals surface area contributed by atoms with Crippen molar-refractivity contribution < 1.29 is 9.53 Å². The normalized spacial score (nSPS) is 15.1. The second-order valence-electron chi connectivity index (χ2n) is 8.45. The highest BCUT2D eigenvalue weighted by Gasteiger charge is 2.30. The van der Waals surface area contributed by atoms with Crippen molar-refractivity contribution in [1.82, 2.24) is 30.2 Å². The molecule has 4 aromatic rings. The number of rotatable bonds is 7. The first-order chi connectivity index (χ1) is 17.1. The van der Waals surface area contributed by atoms with Crippen LogP contribution in [0.4, 0.5) is 5.69 Å². The van der Waals surface area contributed by atoms with Gasteiger partial charge in [-0.2, -0.15) is 0 Å². The van der Waals surface area contributed by atoms with Gasteiger partial charge >= 0.3 is 0 Å². The van der Waals surface area contributed by atoms with E-state index in [9.17, 15) is 9.59 Å². The molecule has 180 valence electrons. The summed E-state index contributed by atoms with van der Waals surface area (Å²) in [6.07, 6.45) is 6.21. The van der Waals surface area contributed by atoms with Gasteiger partial charge in [0.15, 0.2) is 6.29 Å². The molecule has 0 spiro atoms. The SMILES string of the molecule is Cc1cc(=O)[nH]c2ccc(N(Cc3ncc[nH]3)C(NC(=O)c3cccnc3)N3CCOCC3)cc12. The summed E-state index contributed by atoms with van der Waals surface area (Å²) >= 11 is 0. The number of amides is 1. The lowest BCUT2D eigenvalue weighted by molar-refractivity contribution is 0.00783. The Morgan fingerprint density at radius 3 is 2.83 bits per heavy atom. The number of aryl methyl sites for hydroxylation is 1. The molecule has 4 heterocycles. The smallest absolute Gasteiger partial charge is 0.255 e. The lowest BCUT2D eigenvalue weighted by Gasteiger charge is -2.42. The van der Waals surface area contributed by atoms with Gasteiger partial charge in [0.2, 0.25) is 5.56 Å². The number of pyridine rings is 2.